The van der Waals surface area contributed by atoms with E-state index in [4.69, 9.17) is 0 Å². The standard InChI is InChI=1S/C15H17N3O3S/c1-10-6-7-17-14(8-10)18-15(19)13-9-12(5-4-11(13)2)22(20,21)16-3/h4-9,16H,1-3H3,(H,17,18,19). The molecule has 2 N–H and O–H groups in total. The second kappa shape index (κ2) is 6.25. The lowest BCUT2D eigenvalue weighted by molar-refractivity contribution is 0.102. The smallest absolute Gasteiger partial charge is 0.257 e. The maximum absolute atomic E-state index is 12.3. The van der Waals surface area contributed by atoms with E-state index in [0.717, 1.165) is 5.56 Å². The van der Waals surface area contributed by atoms with E-state index in [0.29, 0.717) is 16.9 Å². The fourth-order valence-electron chi connectivity index (χ4n) is 1.92. The lowest BCUT2D eigenvalue weighted by Gasteiger charge is -2.10. The molecule has 2 aromatic rings. The van der Waals surface area contributed by atoms with E-state index < -0.39 is 15.9 Å². The van der Waals surface area contributed by atoms with E-state index in [2.05, 4.69) is 15.0 Å². The van der Waals surface area contributed by atoms with Crippen molar-refractivity contribution in [3.05, 3.63) is 53.2 Å². The largest absolute Gasteiger partial charge is 0.307 e. The Morgan fingerprint density at radius 3 is 2.50 bits per heavy atom. The number of aryl methyl sites for hydroxylation is 2. The molecule has 0 saturated heterocycles. The number of hydrogen-bond donors (Lipinski definition) is 2. The van der Waals surface area contributed by atoms with Crippen LogP contribution in [0.1, 0.15) is 21.5 Å². The van der Waals surface area contributed by atoms with Gasteiger partial charge in [-0.1, -0.05) is 6.07 Å². The molecule has 0 spiro atoms. The predicted molar refractivity (Wildman–Crippen MR) is 84.4 cm³/mol. The molecule has 22 heavy (non-hydrogen) atoms. The van der Waals surface area contributed by atoms with Crippen molar-refractivity contribution < 1.29 is 13.2 Å². The molecule has 116 valence electrons. The maximum atomic E-state index is 12.3. The SMILES string of the molecule is CNS(=O)(=O)c1ccc(C)c(C(=O)Nc2cc(C)ccn2)c1. The quantitative estimate of drug-likeness (QED) is 0.900. The minimum absolute atomic E-state index is 0.0444. The van der Waals surface area contributed by atoms with E-state index in [-0.39, 0.29) is 4.90 Å². The zero-order chi connectivity index (χ0) is 16.3. The Morgan fingerprint density at radius 2 is 1.86 bits per heavy atom. The fourth-order valence-corrected chi connectivity index (χ4v) is 2.67. The average Bonchev–Trinajstić information content (AvgIpc) is 2.47. The number of rotatable bonds is 4. The summed E-state index contributed by atoms with van der Waals surface area (Å²) in [5.74, 6) is 0.0232. The van der Waals surface area contributed by atoms with Crippen molar-refractivity contribution in [3.63, 3.8) is 0 Å². The molecule has 0 saturated carbocycles. The van der Waals surface area contributed by atoms with Crippen molar-refractivity contribution in [1.82, 2.24) is 9.71 Å². The van der Waals surface area contributed by atoms with Gasteiger partial charge in [0, 0.05) is 11.8 Å². The Labute approximate surface area is 129 Å². The van der Waals surface area contributed by atoms with Gasteiger partial charge in [0.05, 0.1) is 4.90 Å². The minimum atomic E-state index is -3.60. The van der Waals surface area contributed by atoms with Crippen LogP contribution in [0.4, 0.5) is 5.82 Å². The lowest BCUT2D eigenvalue weighted by atomic mass is 10.1. The summed E-state index contributed by atoms with van der Waals surface area (Å²) < 4.78 is 25.9. The van der Waals surface area contributed by atoms with Gasteiger partial charge in [0.25, 0.3) is 5.91 Å². The number of anilines is 1. The maximum Gasteiger partial charge on any atom is 0.257 e. The number of pyridine rings is 1. The summed E-state index contributed by atoms with van der Waals surface area (Å²) in [6, 6.07) is 7.97. The Morgan fingerprint density at radius 1 is 1.14 bits per heavy atom. The van der Waals surface area contributed by atoms with Crippen LogP contribution in [0.5, 0.6) is 0 Å². The van der Waals surface area contributed by atoms with E-state index in [1.807, 2.05) is 13.0 Å². The predicted octanol–water partition coefficient (Wildman–Crippen LogP) is 1.86. The van der Waals surface area contributed by atoms with Crippen LogP contribution >= 0.6 is 0 Å². The number of amides is 1. The Bertz CT molecular complexity index is 817. The highest BCUT2D eigenvalue weighted by Gasteiger charge is 2.16. The summed E-state index contributed by atoms with van der Waals surface area (Å²) in [6.45, 7) is 3.64. The summed E-state index contributed by atoms with van der Waals surface area (Å²) in [4.78, 5) is 16.5. The van der Waals surface area contributed by atoms with Gasteiger partial charge in [-0.15, -0.1) is 0 Å². The van der Waals surface area contributed by atoms with Gasteiger partial charge < -0.3 is 5.32 Å². The summed E-state index contributed by atoms with van der Waals surface area (Å²) in [5.41, 5.74) is 1.94. The summed E-state index contributed by atoms with van der Waals surface area (Å²) >= 11 is 0. The van der Waals surface area contributed by atoms with Crippen molar-refractivity contribution in [1.29, 1.82) is 0 Å². The number of carbonyl (C=O) groups is 1. The molecule has 0 fully saturated rings. The molecular weight excluding hydrogens is 302 g/mol. The van der Waals surface area contributed by atoms with E-state index >= 15 is 0 Å². The van der Waals surface area contributed by atoms with Crippen molar-refractivity contribution in [2.75, 3.05) is 12.4 Å². The third-order valence-electron chi connectivity index (χ3n) is 3.19. The third-order valence-corrected chi connectivity index (χ3v) is 4.60. The molecule has 0 aliphatic heterocycles. The van der Waals surface area contributed by atoms with E-state index in [9.17, 15) is 13.2 Å². The van der Waals surface area contributed by atoms with Gasteiger partial charge in [0.2, 0.25) is 10.0 Å². The van der Waals surface area contributed by atoms with Crippen molar-refractivity contribution in [3.8, 4) is 0 Å². The third kappa shape index (κ3) is 3.49. The molecule has 2 rings (SSSR count). The molecule has 0 bridgehead atoms. The number of aromatic nitrogens is 1. The van der Waals surface area contributed by atoms with Crippen LogP contribution in [-0.4, -0.2) is 26.4 Å². The highest BCUT2D eigenvalue weighted by molar-refractivity contribution is 7.89. The normalized spacial score (nSPS) is 11.2. The molecule has 1 aromatic heterocycles. The number of carbonyl (C=O) groups excluding carboxylic acids is 1. The van der Waals surface area contributed by atoms with Crippen molar-refractivity contribution >= 4 is 21.7 Å². The Hall–Kier alpha value is -2.25. The monoisotopic (exact) mass is 319 g/mol. The number of sulfonamides is 1. The van der Waals surface area contributed by atoms with Crippen LogP contribution in [0.15, 0.2) is 41.4 Å². The van der Waals surface area contributed by atoms with Crippen LogP contribution in [0.2, 0.25) is 0 Å². The van der Waals surface area contributed by atoms with Gasteiger partial charge in [0.15, 0.2) is 0 Å². The van der Waals surface area contributed by atoms with Crippen LogP contribution in [-0.2, 0) is 10.0 Å². The molecule has 0 aliphatic rings. The molecule has 0 aliphatic carbocycles. The van der Waals surface area contributed by atoms with Gasteiger partial charge in [0.1, 0.15) is 5.82 Å². The first-order chi connectivity index (χ1) is 10.3. The zero-order valence-electron chi connectivity index (χ0n) is 12.5. The van der Waals surface area contributed by atoms with Crippen LogP contribution in [0.3, 0.4) is 0 Å². The van der Waals surface area contributed by atoms with E-state index in [1.54, 1.807) is 25.3 Å². The molecule has 0 atom stereocenters. The first-order valence-corrected chi connectivity index (χ1v) is 8.10. The van der Waals surface area contributed by atoms with Crippen LogP contribution in [0.25, 0.3) is 0 Å². The fraction of sp³-hybridized carbons (Fsp3) is 0.200. The molecule has 0 radical (unpaired) electrons. The number of nitrogens with one attached hydrogen (secondary N) is 2. The van der Waals surface area contributed by atoms with Crippen molar-refractivity contribution in [2.45, 2.75) is 18.7 Å². The first kappa shape index (κ1) is 16.1. The number of benzene rings is 1. The average molecular weight is 319 g/mol. The van der Waals surface area contributed by atoms with Gasteiger partial charge >= 0.3 is 0 Å². The summed E-state index contributed by atoms with van der Waals surface area (Å²) in [5, 5.41) is 2.67. The molecule has 1 amide bonds. The van der Waals surface area contributed by atoms with Gasteiger partial charge in [-0.05, 0) is 56.3 Å². The highest BCUT2D eigenvalue weighted by atomic mass is 32.2. The highest BCUT2D eigenvalue weighted by Crippen LogP contribution is 2.17. The Balaban J connectivity index is 2.35. The zero-order valence-corrected chi connectivity index (χ0v) is 13.4. The number of hydrogen-bond acceptors (Lipinski definition) is 4. The second-order valence-electron chi connectivity index (χ2n) is 4.86. The summed E-state index contributed by atoms with van der Waals surface area (Å²) in [6.07, 6.45) is 1.60. The molecular formula is C15H17N3O3S. The molecule has 7 heteroatoms. The van der Waals surface area contributed by atoms with Gasteiger partial charge in [-0.2, -0.15) is 0 Å². The van der Waals surface area contributed by atoms with Crippen LogP contribution < -0.4 is 10.0 Å². The van der Waals surface area contributed by atoms with Crippen LogP contribution in [0, 0.1) is 13.8 Å². The number of nitrogens with zero attached hydrogens (tertiary/aromatic N) is 1. The van der Waals surface area contributed by atoms with Gasteiger partial charge in [-0.25, -0.2) is 18.1 Å². The molecule has 0 unspecified atom stereocenters. The first-order valence-electron chi connectivity index (χ1n) is 6.61. The minimum Gasteiger partial charge on any atom is -0.307 e. The Kier molecular flexibility index (Phi) is 4.58. The molecule has 1 aromatic carbocycles. The summed E-state index contributed by atoms with van der Waals surface area (Å²) in [7, 11) is -2.27. The van der Waals surface area contributed by atoms with Crippen molar-refractivity contribution in [2.24, 2.45) is 0 Å². The van der Waals surface area contributed by atoms with Gasteiger partial charge in [-0.3, -0.25) is 4.79 Å². The lowest BCUT2D eigenvalue weighted by Crippen LogP contribution is -2.20. The topological polar surface area (TPSA) is 88.2 Å². The molecule has 6 nitrogen and oxygen atoms in total. The molecule has 1 heterocycles. The second-order valence-corrected chi connectivity index (χ2v) is 6.74. The van der Waals surface area contributed by atoms with E-state index in [1.165, 1.54) is 19.2 Å².